The van der Waals surface area contributed by atoms with Gasteiger partial charge in [0.2, 0.25) is 5.82 Å². The molecule has 0 aromatic carbocycles. The minimum Gasteiger partial charge on any atom is -0.370 e. The maximum atomic E-state index is 12.8. The molecule has 0 bridgehead atoms. The molecule has 0 unspecified atom stereocenters. The van der Waals surface area contributed by atoms with Crippen LogP contribution in [0, 0.1) is 0 Å². The molecule has 118 valence electrons. The van der Waals surface area contributed by atoms with Crippen LogP contribution >= 0.6 is 0 Å². The number of hydrogen-bond donors (Lipinski definition) is 2. The quantitative estimate of drug-likeness (QED) is 0.895. The predicted molar refractivity (Wildman–Crippen MR) is 75.3 cm³/mol. The Hall–Kier alpha value is -1.57. The molecule has 1 aliphatic heterocycles. The first-order valence-corrected chi connectivity index (χ1v) is 7.03. The molecule has 1 fully saturated rings. The summed E-state index contributed by atoms with van der Waals surface area (Å²) in [6, 6.07) is 1.67. The zero-order chi connectivity index (χ0) is 15.5. The molecule has 0 amide bonds. The third-order valence-corrected chi connectivity index (χ3v) is 3.41. The van der Waals surface area contributed by atoms with Crippen molar-refractivity contribution in [3.63, 3.8) is 0 Å². The number of hydrogen-bond acceptors (Lipinski definition) is 5. The number of alkyl halides is 3. The summed E-state index contributed by atoms with van der Waals surface area (Å²) in [5.74, 6) is -0.700. The van der Waals surface area contributed by atoms with Crippen molar-refractivity contribution >= 4 is 11.6 Å². The molecule has 1 aromatic rings. The first-order chi connectivity index (χ1) is 9.88. The molecule has 21 heavy (non-hydrogen) atoms. The van der Waals surface area contributed by atoms with E-state index in [4.69, 9.17) is 0 Å². The first kappa shape index (κ1) is 15.8. The molecule has 1 aromatic heterocycles. The van der Waals surface area contributed by atoms with E-state index < -0.39 is 12.0 Å². The van der Waals surface area contributed by atoms with Crippen molar-refractivity contribution in [3.05, 3.63) is 11.9 Å². The van der Waals surface area contributed by atoms with Crippen molar-refractivity contribution in [1.29, 1.82) is 0 Å². The summed E-state index contributed by atoms with van der Waals surface area (Å²) in [7, 11) is 2.03. The second-order valence-corrected chi connectivity index (χ2v) is 5.21. The standard InChI is InChI=1S/C13H20F3N5/c1-3-17-10-8-11(20-12(19-10)13(14,15)16)18-9-4-6-21(2)7-5-9/h8-9H,3-7H2,1-2H3,(H2,17,18,19,20). The molecule has 1 saturated heterocycles. The highest BCUT2D eigenvalue weighted by molar-refractivity contribution is 5.48. The van der Waals surface area contributed by atoms with Crippen molar-refractivity contribution in [3.8, 4) is 0 Å². The molecule has 2 rings (SSSR count). The summed E-state index contributed by atoms with van der Waals surface area (Å²) < 4.78 is 38.5. The zero-order valence-corrected chi connectivity index (χ0v) is 12.2. The van der Waals surface area contributed by atoms with Crippen molar-refractivity contribution < 1.29 is 13.2 Å². The van der Waals surface area contributed by atoms with E-state index >= 15 is 0 Å². The summed E-state index contributed by atoms with van der Waals surface area (Å²) >= 11 is 0. The van der Waals surface area contributed by atoms with Gasteiger partial charge in [0.15, 0.2) is 0 Å². The Morgan fingerprint density at radius 1 is 1.24 bits per heavy atom. The Labute approximate surface area is 122 Å². The molecule has 0 saturated carbocycles. The van der Waals surface area contributed by atoms with E-state index in [0.717, 1.165) is 25.9 Å². The van der Waals surface area contributed by atoms with Gasteiger partial charge in [-0.2, -0.15) is 13.2 Å². The number of halogens is 3. The fourth-order valence-corrected chi connectivity index (χ4v) is 2.28. The molecule has 2 heterocycles. The van der Waals surface area contributed by atoms with Gasteiger partial charge in [-0.25, -0.2) is 9.97 Å². The average molecular weight is 303 g/mol. The lowest BCUT2D eigenvalue weighted by atomic mass is 10.1. The number of nitrogens with one attached hydrogen (secondary N) is 2. The third kappa shape index (κ3) is 4.45. The Balaban J connectivity index is 2.15. The molecule has 5 nitrogen and oxygen atoms in total. The van der Waals surface area contributed by atoms with E-state index in [1.807, 2.05) is 7.05 Å². The number of rotatable bonds is 4. The SMILES string of the molecule is CCNc1cc(NC2CCN(C)CC2)nc(C(F)(F)F)n1. The molecule has 0 radical (unpaired) electrons. The molecule has 2 N–H and O–H groups in total. The lowest BCUT2D eigenvalue weighted by molar-refractivity contribution is -0.144. The topological polar surface area (TPSA) is 53.1 Å². The van der Waals surface area contributed by atoms with Crippen molar-refractivity contribution in [2.24, 2.45) is 0 Å². The van der Waals surface area contributed by atoms with Crippen LogP contribution in [-0.2, 0) is 6.18 Å². The van der Waals surface area contributed by atoms with Crippen LogP contribution in [-0.4, -0.2) is 47.6 Å². The number of anilines is 2. The Kier molecular flexibility index (Phi) is 4.87. The number of nitrogens with zero attached hydrogens (tertiary/aromatic N) is 3. The highest BCUT2D eigenvalue weighted by Crippen LogP contribution is 2.28. The molecular weight excluding hydrogens is 283 g/mol. The molecular formula is C13H20F3N5. The fraction of sp³-hybridized carbons (Fsp3) is 0.692. The van der Waals surface area contributed by atoms with Gasteiger partial charge in [-0.05, 0) is 39.9 Å². The summed E-state index contributed by atoms with van der Waals surface area (Å²) in [6.45, 7) is 4.16. The van der Waals surface area contributed by atoms with Gasteiger partial charge < -0.3 is 15.5 Å². The largest absolute Gasteiger partial charge is 0.451 e. The minimum absolute atomic E-state index is 0.145. The van der Waals surface area contributed by atoms with E-state index in [1.54, 1.807) is 6.92 Å². The highest BCUT2D eigenvalue weighted by atomic mass is 19.4. The van der Waals surface area contributed by atoms with E-state index in [1.165, 1.54) is 6.07 Å². The van der Waals surface area contributed by atoms with Crippen molar-refractivity contribution in [1.82, 2.24) is 14.9 Å². The second-order valence-electron chi connectivity index (χ2n) is 5.21. The Morgan fingerprint density at radius 2 is 1.86 bits per heavy atom. The molecule has 1 aliphatic rings. The maximum absolute atomic E-state index is 12.8. The number of piperidine rings is 1. The van der Waals surface area contributed by atoms with Crippen LogP contribution in [0.1, 0.15) is 25.6 Å². The van der Waals surface area contributed by atoms with Gasteiger partial charge in [-0.15, -0.1) is 0 Å². The fourth-order valence-electron chi connectivity index (χ4n) is 2.28. The highest BCUT2D eigenvalue weighted by Gasteiger charge is 2.35. The lowest BCUT2D eigenvalue weighted by Crippen LogP contribution is -2.37. The third-order valence-electron chi connectivity index (χ3n) is 3.41. The number of aromatic nitrogens is 2. The van der Waals surface area contributed by atoms with Crippen molar-refractivity contribution in [2.75, 3.05) is 37.3 Å². The molecule has 8 heteroatoms. The zero-order valence-electron chi connectivity index (χ0n) is 12.2. The predicted octanol–water partition coefficient (Wildman–Crippen LogP) is 2.43. The maximum Gasteiger partial charge on any atom is 0.451 e. The van der Waals surface area contributed by atoms with E-state index in [2.05, 4.69) is 25.5 Å². The first-order valence-electron chi connectivity index (χ1n) is 7.03. The van der Waals surface area contributed by atoms with Gasteiger partial charge >= 0.3 is 6.18 Å². The molecule has 0 atom stereocenters. The van der Waals surface area contributed by atoms with Gasteiger partial charge in [0, 0.05) is 18.7 Å². The Bertz CT molecular complexity index is 469. The van der Waals surface area contributed by atoms with Gasteiger partial charge in [-0.1, -0.05) is 0 Å². The number of likely N-dealkylation sites (tertiary alicyclic amines) is 1. The minimum atomic E-state index is -4.55. The Morgan fingerprint density at radius 3 is 2.43 bits per heavy atom. The summed E-state index contributed by atoms with van der Waals surface area (Å²) in [5, 5.41) is 5.90. The van der Waals surface area contributed by atoms with Crippen LogP contribution in [0.2, 0.25) is 0 Å². The van der Waals surface area contributed by atoms with E-state index in [9.17, 15) is 13.2 Å². The summed E-state index contributed by atoms with van der Waals surface area (Å²) in [4.78, 5) is 9.30. The van der Waals surface area contributed by atoms with Gasteiger partial charge in [0.1, 0.15) is 11.6 Å². The van der Waals surface area contributed by atoms with Gasteiger partial charge in [0.05, 0.1) is 0 Å². The smallest absolute Gasteiger partial charge is 0.370 e. The summed E-state index contributed by atoms with van der Waals surface area (Å²) in [6.07, 6.45) is -2.77. The lowest BCUT2D eigenvalue weighted by Gasteiger charge is -2.30. The van der Waals surface area contributed by atoms with E-state index in [-0.39, 0.29) is 17.7 Å². The summed E-state index contributed by atoms with van der Waals surface area (Å²) in [5.41, 5.74) is 0. The average Bonchev–Trinajstić information content (AvgIpc) is 2.41. The molecule has 0 aliphatic carbocycles. The van der Waals surface area contributed by atoms with Crippen LogP contribution in [0.5, 0.6) is 0 Å². The van der Waals surface area contributed by atoms with Crippen molar-refractivity contribution in [2.45, 2.75) is 32.0 Å². The van der Waals surface area contributed by atoms with Gasteiger partial charge in [0.25, 0.3) is 0 Å². The monoisotopic (exact) mass is 303 g/mol. The van der Waals surface area contributed by atoms with Crippen LogP contribution < -0.4 is 10.6 Å². The molecule has 0 spiro atoms. The van der Waals surface area contributed by atoms with E-state index in [0.29, 0.717) is 6.54 Å². The van der Waals surface area contributed by atoms with Gasteiger partial charge in [-0.3, -0.25) is 0 Å². The normalized spacial score (nSPS) is 17.8. The van der Waals surface area contributed by atoms with Crippen LogP contribution in [0.4, 0.5) is 24.8 Å². The van der Waals surface area contributed by atoms with Crippen LogP contribution in [0.25, 0.3) is 0 Å². The second kappa shape index (κ2) is 6.46. The van der Waals surface area contributed by atoms with Crippen LogP contribution in [0.15, 0.2) is 6.07 Å². The van der Waals surface area contributed by atoms with Crippen LogP contribution in [0.3, 0.4) is 0 Å².